The van der Waals surface area contributed by atoms with E-state index in [2.05, 4.69) is 43.9 Å². The van der Waals surface area contributed by atoms with Gasteiger partial charge in [-0.3, -0.25) is 4.90 Å². The smallest absolute Gasteiger partial charge is 0.133 e. The molecule has 1 unspecified atom stereocenters. The molecule has 76 valence electrons. The van der Waals surface area contributed by atoms with Gasteiger partial charge in [0.2, 0.25) is 0 Å². The molecule has 0 aliphatic rings. The first-order valence-electron chi connectivity index (χ1n) is 4.92. The zero-order chi connectivity index (χ0) is 10.6. The molecular weight excluding hydrogens is 192 g/mol. The fourth-order valence-electron chi connectivity index (χ4n) is 1.51. The first-order chi connectivity index (χ1) is 6.72. The SMILES string of the molecule is CCN(CC)C(C#N)c1ccc(C)s1. The van der Waals surface area contributed by atoms with E-state index in [0.717, 1.165) is 18.0 Å². The third kappa shape index (κ3) is 2.34. The van der Waals surface area contributed by atoms with Gasteiger partial charge < -0.3 is 0 Å². The third-order valence-electron chi connectivity index (χ3n) is 2.33. The monoisotopic (exact) mass is 208 g/mol. The molecule has 0 saturated heterocycles. The van der Waals surface area contributed by atoms with Gasteiger partial charge in [0, 0.05) is 9.75 Å². The topological polar surface area (TPSA) is 27.0 Å². The molecule has 0 aliphatic heterocycles. The molecule has 2 nitrogen and oxygen atoms in total. The summed E-state index contributed by atoms with van der Waals surface area (Å²) in [6, 6.07) is 6.44. The second-order valence-electron chi connectivity index (χ2n) is 3.20. The number of thiophene rings is 1. The lowest BCUT2D eigenvalue weighted by atomic mass is 10.2. The van der Waals surface area contributed by atoms with E-state index >= 15 is 0 Å². The second kappa shape index (κ2) is 5.14. The number of hydrogen-bond acceptors (Lipinski definition) is 3. The van der Waals surface area contributed by atoms with Crippen LogP contribution >= 0.6 is 11.3 Å². The summed E-state index contributed by atoms with van der Waals surface area (Å²) in [6.45, 7) is 8.10. The Bertz CT molecular complexity index is 320. The molecule has 1 aromatic heterocycles. The lowest BCUT2D eigenvalue weighted by molar-refractivity contribution is 0.265. The molecule has 1 rings (SSSR count). The molecule has 0 fully saturated rings. The molecule has 0 amide bonds. The predicted molar refractivity (Wildman–Crippen MR) is 60.3 cm³/mol. The van der Waals surface area contributed by atoms with Crippen LogP contribution in [0.4, 0.5) is 0 Å². The van der Waals surface area contributed by atoms with Crippen LogP contribution < -0.4 is 0 Å². The lowest BCUT2D eigenvalue weighted by Crippen LogP contribution is -2.26. The van der Waals surface area contributed by atoms with Crippen LogP contribution in [0.15, 0.2) is 12.1 Å². The van der Waals surface area contributed by atoms with Gasteiger partial charge in [-0.1, -0.05) is 13.8 Å². The van der Waals surface area contributed by atoms with Gasteiger partial charge in [-0.2, -0.15) is 5.26 Å². The van der Waals surface area contributed by atoms with Crippen LogP contribution in [-0.4, -0.2) is 18.0 Å². The zero-order valence-corrected chi connectivity index (χ0v) is 9.77. The fraction of sp³-hybridized carbons (Fsp3) is 0.545. The zero-order valence-electron chi connectivity index (χ0n) is 8.95. The average molecular weight is 208 g/mol. The highest BCUT2D eigenvalue weighted by Gasteiger charge is 2.18. The maximum absolute atomic E-state index is 9.14. The maximum atomic E-state index is 9.14. The molecule has 0 aromatic carbocycles. The summed E-state index contributed by atoms with van der Waals surface area (Å²) in [5.41, 5.74) is 0. The van der Waals surface area contributed by atoms with E-state index in [1.807, 2.05) is 0 Å². The Morgan fingerprint density at radius 1 is 1.43 bits per heavy atom. The van der Waals surface area contributed by atoms with Crippen LogP contribution in [0.1, 0.15) is 29.6 Å². The van der Waals surface area contributed by atoms with Gasteiger partial charge in [-0.05, 0) is 32.1 Å². The number of rotatable bonds is 4. The fourth-order valence-corrected chi connectivity index (χ4v) is 2.47. The van der Waals surface area contributed by atoms with Crippen molar-refractivity contribution in [3.05, 3.63) is 21.9 Å². The van der Waals surface area contributed by atoms with E-state index in [1.165, 1.54) is 4.88 Å². The van der Waals surface area contributed by atoms with Gasteiger partial charge in [0.1, 0.15) is 6.04 Å². The van der Waals surface area contributed by atoms with Crippen LogP contribution in [0.2, 0.25) is 0 Å². The van der Waals surface area contributed by atoms with Crippen molar-refractivity contribution in [1.29, 1.82) is 5.26 Å². The predicted octanol–water partition coefficient (Wildman–Crippen LogP) is 2.96. The van der Waals surface area contributed by atoms with E-state index in [1.54, 1.807) is 11.3 Å². The van der Waals surface area contributed by atoms with Crippen molar-refractivity contribution in [2.75, 3.05) is 13.1 Å². The van der Waals surface area contributed by atoms with E-state index in [-0.39, 0.29) is 6.04 Å². The summed E-state index contributed by atoms with van der Waals surface area (Å²) < 4.78 is 0. The molecule has 0 N–H and O–H groups in total. The standard InChI is InChI=1S/C11H16N2S/c1-4-13(5-2)10(8-12)11-7-6-9(3)14-11/h6-7,10H,4-5H2,1-3H3. The van der Waals surface area contributed by atoms with E-state index < -0.39 is 0 Å². The van der Waals surface area contributed by atoms with Crippen molar-refractivity contribution in [3.63, 3.8) is 0 Å². The van der Waals surface area contributed by atoms with Crippen LogP contribution in [-0.2, 0) is 0 Å². The second-order valence-corrected chi connectivity index (χ2v) is 4.52. The molecule has 0 spiro atoms. The molecular formula is C11H16N2S. The van der Waals surface area contributed by atoms with Crippen LogP contribution in [0.25, 0.3) is 0 Å². The van der Waals surface area contributed by atoms with Crippen molar-refractivity contribution in [2.45, 2.75) is 26.8 Å². The summed E-state index contributed by atoms with van der Waals surface area (Å²) in [6.07, 6.45) is 0. The minimum absolute atomic E-state index is 0.0660. The van der Waals surface area contributed by atoms with Crippen molar-refractivity contribution in [2.24, 2.45) is 0 Å². The van der Waals surface area contributed by atoms with Gasteiger partial charge in [0.05, 0.1) is 6.07 Å². The summed E-state index contributed by atoms with van der Waals surface area (Å²) in [5.74, 6) is 0. The van der Waals surface area contributed by atoms with E-state index in [4.69, 9.17) is 5.26 Å². The average Bonchev–Trinajstić information content (AvgIpc) is 2.60. The summed E-state index contributed by atoms with van der Waals surface area (Å²) in [5, 5.41) is 9.14. The highest BCUT2D eigenvalue weighted by atomic mass is 32.1. The summed E-state index contributed by atoms with van der Waals surface area (Å²) in [4.78, 5) is 4.60. The molecule has 1 heterocycles. The summed E-state index contributed by atoms with van der Waals surface area (Å²) >= 11 is 1.72. The van der Waals surface area contributed by atoms with Crippen LogP contribution in [0, 0.1) is 18.3 Å². The minimum Gasteiger partial charge on any atom is -0.284 e. The molecule has 1 aromatic rings. The molecule has 0 aliphatic carbocycles. The highest BCUT2D eigenvalue weighted by Crippen LogP contribution is 2.26. The Hall–Kier alpha value is -0.850. The quantitative estimate of drug-likeness (QED) is 0.760. The normalized spacial score (nSPS) is 12.8. The number of aryl methyl sites for hydroxylation is 1. The molecule has 14 heavy (non-hydrogen) atoms. The number of hydrogen-bond donors (Lipinski definition) is 0. The van der Waals surface area contributed by atoms with E-state index in [0.29, 0.717) is 0 Å². The first kappa shape index (κ1) is 11.2. The van der Waals surface area contributed by atoms with Crippen molar-refractivity contribution in [3.8, 4) is 6.07 Å². The largest absolute Gasteiger partial charge is 0.284 e. The minimum atomic E-state index is -0.0660. The molecule has 3 heteroatoms. The van der Waals surface area contributed by atoms with Crippen LogP contribution in [0.3, 0.4) is 0 Å². The van der Waals surface area contributed by atoms with E-state index in [9.17, 15) is 0 Å². The first-order valence-corrected chi connectivity index (χ1v) is 5.74. The van der Waals surface area contributed by atoms with Crippen molar-refractivity contribution >= 4 is 11.3 Å². The van der Waals surface area contributed by atoms with Crippen molar-refractivity contribution < 1.29 is 0 Å². The molecule has 0 radical (unpaired) electrons. The Morgan fingerprint density at radius 2 is 2.07 bits per heavy atom. The Kier molecular flexibility index (Phi) is 4.12. The third-order valence-corrected chi connectivity index (χ3v) is 3.38. The highest BCUT2D eigenvalue weighted by molar-refractivity contribution is 7.12. The van der Waals surface area contributed by atoms with Crippen molar-refractivity contribution in [1.82, 2.24) is 4.90 Å². The maximum Gasteiger partial charge on any atom is 0.133 e. The van der Waals surface area contributed by atoms with Crippen LogP contribution in [0.5, 0.6) is 0 Å². The molecule has 0 saturated carbocycles. The molecule has 0 bridgehead atoms. The van der Waals surface area contributed by atoms with Gasteiger partial charge in [0.25, 0.3) is 0 Å². The Labute approximate surface area is 89.8 Å². The van der Waals surface area contributed by atoms with Gasteiger partial charge in [-0.15, -0.1) is 11.3 Å². The van der Waals surface area contributed by atoms with Gasteiger partial charge >= 0.3 is 0 Å². The van der Waals surface area contributed by atoms with Gasteiger partial charge in [0.15, 0.2) is 0 Å². The lowest BCUT2D eigenvalue weighted by Gasteiger charge is -2.22. The van der Waals surface area contributed by atoms with Gasteiger partial charge in [-0.25, -0.2) is 0 Å². The molecule has 1 atom stereocenters. The Morgan fingerprint density at radius 3 is 2.43 bits per heavy atom. The summed E-state index contributed by atoms with van der Waals surface area (Å²) in [7, 11) is 0. The number of nitrogens with zero attached hydrogens (tertiary/aromatic N) is 2. The Balaban J connectivity index is 2.87. The number of nitriles is 1.